The number of para-hydroxylation sites is 1. The van der Waals surface area contributed by atoms with E-state index in [1.807, 2.05) is 24.3 Å². The van der Waals surface area contributed by atoms with Crippen molar-refractivity contribution in [3.63, 3.8) is 0 Å². The van der Waals surface area contributed by atoms with Crippen LogP contribution in [0.5, 0.6) is 0 Å². The highest BCUT2D eigenvalue weighted by molar-refractivity contribution is 7.86. The van der Waals surface area contributed by atoms with E-state index in [-0.39, 0.29) is 11.7 Å². The Bertz CT molecular complexity index is 436. The lowest BCUT2D eigenvalue weighted by Crippen LogP contribution is -2.39. The zero-order valence-corrected chi connectivity index (χ0v) is 10.3. The molecule has 0 bridgehead atoms. The van der Waals surface area contributed by atoms with Crippen molar-refractivity contribution in [1.82, 2.24) is 0 Å². The highest BCUT2D eigenvalue weighted by Gasteiger charge is 2.27. The maximum Gasteiger partial charge on any atom is 0.240 e. The minimum atomic E-state index is -1.20. The van der Waals surface area contributed by atoms with Gasteiger partial charge in [-0.1, -0.05) is 12.1 Å². The van der Waals surface area contributed by atoms with Crippen molar-refractivity contribution in [2.24, 2.45) is 0 Å². The quantitative estimate of drug-likeness (QED) is 0.774. The summed E-state index contributed by atoms with van der Waals surface area (Å²) >= 11 is 5.63. The van der Waals surface area contributed by atoms with E-state index in [4.69, 9.17) is 11.6 Å². The summed E-state index contributed by atoms with van der Waals surface area (Å²) in [5.74, 6) is 0.524. The summed E-state index contributed by atoms with van der Waals surface area (Å²) in [5, 5.41) is 0. The zero-order chi connectivity index (χ0) is 11.5. The molecule has 1 amide bonds. The van der Waals surface area contributed by atoms with Crippen LogP contribution in [0.3, 0.4) is 0 Å². The van der Waals surface area contributed by atoms with Crippen molar-refractivity contribution in [1.29, 1.82) is 0 Å². The second-order valence-corrected chi connectivity index (χ2v) is 5.34. The molecule has 0 saturated heterocycles. The van der Waals surface area contributed by atoms with Crippen molar-refractivity contribution in [3.05, 3.63) is 24.3 Å². The smallest absolute Gasteiger partial charge is 0.240 e. The highest BCUT2D eigenvalue weighted by Crippen LogP contribution is 2.28. The fraction of sp³-hybridized carbons (Fsp3) is 0.364. The maximum absolute atomic E-state index is 11.8. The number of nitrogens with zero attached hydrogens (tertiary/aromatic N) is 1. The first kappa shape index (κ1) is 11.6. The van der Waals surface area contributed by atoms with Crippen LogP contribution < -0.4 is 4.90 Å². The van der Waals surface area contributed by atoms with Crippen LogP contribution in [0, 0.1) is 0 Å². The number of alkyl halides is 1. The first-order valence-corrected chi connectivity index (χ1v) is 6.93. The Hall–Kier alpha value is -0.870. The summed E-state index contributed by atoms with van der Waals surface area (Å²) in [6, 6.07) is 7.33. The molecule has 3 nitrogen and oxygen atoms in total. The number of anilines is 1. The third kappa shape index (κ3) is 2.13. The molecule has 1 atom stereocenters. The zero-order valence-electron chi connectivity index (χ0n) is 8.69. The molecule has 16 heavy (non-hydrogen) atoms. The number of hydrogen-bond donors (Lipinski definition) is 0. The Morgan fingerprint density at radius 3 is 2.88 bits per heavy atom. The first-order valence-electron chi connectivity index (χ1n) is 5.08. The Morgan fingerprint density at radius 1 is 1.38 bits per heavy atom. The molecule has 1 aromatic rings. The minimum absolute atomic E-state index is 0.0813. The van der Waals surface area contributed by atoms with Gasteiger partial charge in [-0.25, -0.2) is 0 Å². The lowest BCUT2D eigenvalue weighted by Gasteiger charge is -2.28. The number of amides is 1. The van der Waals surface area contributed by atoms with Gasteiger partial charge in [-0.05, 0) is 18.6 Å². The summed E-state index contributed by atoms with van der Waals surface area (Å²) in [5.41, 5.74) is 0.766. The molecule has 0 fully saturated rings. The third-order valence-corrected chi connectivity index (χ3v) is 4.08. The van der Waals surface area contributed by atoms with Crippen LogP contribution in [0.1, 0.15) is 6.42 Å². The highest BCUT2D eigenvalue weighted by atomic mass is 35.5. The Balaban J connectivity index is 2.35. The monoisotopic (exact) mass is 257 g/mol. The summed E-state index contributed by atoms with van der Waals surface area (Å²) in [7, 11) is -1.20. The molecule has 2 rings (SSSR count). The molecule has 0 saturated carbocycles. The molecular formula is C11H12ClNO2S. The van der Waals surface area contributed by atoms with Crippen molar-refractivity contribution in [3.8, 4) is 0 Å². The number of benzene rings is 1. The van der Waals surface area contributed by atoms with Crippen LogP contribution in [-0.4, -0.2) is 28.3 Å². The van der Waals surface area contributed by atoms with Crippen molar-refractivity contribution in [2.75, 3.05) is 23.1 Å². The lowest BCUT2D eigenvalue weighted by molar-refractivity contribution is -0.116. The molecule has 1 aromatic carbocycles. The number of hydrogen-bond acceptors (Lipinski definition) is 2. The second kappa shape index (κ2) is 4.97. The number of carbonyl (C=O) groups is 1. The summed E-state index contributed by atoms with van der Waals surface area (Å²) in [6.45, 7) is 0.594. The van der Waals surface area contributed by atoms with Gasteiger partial charge in [-0.2, -0.15) is 0 Å². The largest absolute Gasteiger partial charge is 0.310 e. The maximum atomic E-state index is 11.8. The molecule has 1 aliphatic heterocycles. The summed E-state index contributed by atoms with van der Waals surface area (Å²) in [6.07, 6.45) is 0.744. The Labute approximate surface area is 102 Å². The van der Waals surface area contributed by atoms with Crippen molar-refractivity contribution >= 4 is 34.0 Å². The van der Waals surface area contributed by atoms with Gasteiger partial charge in [0.25, 0.3) is 0 Å². The summed E-state index contributed by atoms with van der Waals surface area (Å²) < 4.78 is 11.8. The van der Waals surface area contributed by atoms with Crippen LogP contribution >= 0.6 is 11.6 Å². The van der Waals surface area contributed by atoms with E-state index < -0.39 is 10.8 Å². The van der Waals surface area contributed by atoms with Crippen LogP contribution in [-0.2, 0) is 15.6 Å². The summed E-state index contributed by atoms with van der Waals surface area (Å²) in [4.78, 5) is 14.2. The van der Waals surface area contributed by atoms with E-state index in [2.05, 4.69) is 0 Å². The number of fused-ring (bicyclic) bond motifs is 1. The molecule has 86 valence electrons. The van der Waals surface area contributed by atoms with Gasteiger partial charge in [0.05, 0.1) is 21.4 Å². The van der Waals surface area contributed by atoms with E-state index >= 15 is 0 Å². The average Bonchev–Trinajstić information content (AvgIpc) is 2.29. The predicted octanol–water partition coefficient (Wildman–Crippen LogP) is 1.77. The van der Waals surface area contributed by atoms with Crippen LogP contribution in [0.2, 0.25) is 0 Å². The van der Waals surface area contributed by atoms with E-state index in [1.54, 1.807) is 4.90 Å². The third-order valence-electron chi connectivity index (χ3n) is 2.47. The van der Waals surface area contributed by atoms with Gasteiger partial charge < -0.3 is 4.90 Å². The molecule has 5 heteroatoms. The van der Waals surface area contributed by atoms with Gasteiger partial charge in [0, 0.05) is 12.4 Å². The van der Waals surface area contributed by atoms with Gasteiger partial charge >= 0.3 is 0 Å². The van der Waals surface area contributed by atoms with Crippen molar-refractivity contribution in [2.45, 2.75) is 11.3 Å². The lowest BCUT2D eigenvalue weighted by atomic mass is 10.2. The SMILES string of the molecule is O=C1CS(=O)c2ccccc2N1CCCCl. The normalized spacial score (nSPS) is 19.7. The fourth-order valence-corrected chi connectivity index (χ4v) is 3.03. The van der Waals surface area contributed by atoms with Crippen LogP contribution in [0.4, 0.5) is 5.69 Å². The van der Waals surface area contributed by atoms with Gasteiger partial charge in [-0.15, -0.1) is 11.6 Å². The van der Waals surface area contributed by atoms with Gasteiger partial charge in [0.15, 0.2) is 0 Å². The van der Waals surface area contributed by atoms with Gasteiger partial charge in [-0.3, -0.25) is 9.00 Å². The number of halogens is 1. The molecule has 1 unspecified atom stereocenters. The van der Waals surface area contributed by atoms with Gasteiger partial charge in [0.2, 0.25) is 5.91 Å². The van der Waals surface area contributed by atoms with Crippen molar-refractivity contribution < 1.29 is 9.00 Å². The molecule has 0 radical (unpaired) electrons. The first-order chi connectivity index (χ1) is 7.74. The Morgan fingerprint density at radius 2 is 2.12 bits per heavy atom. The van der Waals surface area contributed by atoms with Crippen LogP contribution in [0.25, 0.3) is 0 Å². The molecule has 0 spiro atoms. The molecule has 0 N–H and O–H groups in total. The van der Waals surface area contributed by atoms with Crippen LogP contribution in [0.15, 0.2) is 29.2 Å². The second-order valence-electron chi connectivity index (χ2n) is 3.55. The predicted molar refractivity (Wildman–Crippen MR) is 65.4 cm³/mol. The molecular weight excluding hydrogens is 246 g/mol. The average molecular weight is 258 g/mol. The molecule has 0 aromatic heterocycles. The van der Waals surface area contributed by atoms with E-state index in [0.29, 0.717) is 12.4 Å². The standard InChI is InChI=1S/C11H12ClNO2S/c12-6-3-7-13-9-4-1-2-5-10(9)16(15)8-11(13)14/h1-2,4-5H,3,6-8H2. The van der Waals surface area contributed by atoms with E-state index in [9.17, 15) is 9.00 Å². The topological polar surface area (TPSA) is 37.4 Å². The molecule has 1 aliphatic rings. The van der Waals surface area contributed by atoms with Gasteiger partial charge in [0.1, 0.15) is 5.75 Å². The minimum Gasteiger partial charge on any atom is -0.310 e. The fourth-order valence-electron chi connectivity index (χ4n) is 1.74. The Kier molecular flexibility index (Phi) is 3.61. The number of rotatable bonds is 3. The van der Waals surface area contributed by atoms with E-state index in [0.717, 1.165) is 17.0 Å². The molecule has 1 heterocycles. The van der Waals surface area contributed by atoms with E-state index in [1.165, 1.54) is 0 Å². The molecule has 0 aliphatic carbocycles. The number of carbonyl (C=O) groups excluding carboxylic acids is 1.